The second-order valence-electron chi connectivity index (χ2n) is 6.35. The van der Waals surface area contributed by atoms with Gasteiger partial charge < -0.3 is 15.0 Å². The molecule has 4 rings (SSSR count). The fourth-order valence-electron chi connectivity index (χ4n) is 3.25. The summed E-state index contributed by atoms with van der Waals surface area (Å²) in [5.74, 6) is 1.36. The summed E-state index contributed by atoms with van der Waals surface area (Å²) in [5.41, 5.74) is 4.30. The molecule has 0 spiro atoms. The summed E-state index contributed by atoms with van der Waals surface area (Å²) in [6.07, 6.45) is 9.98. The number of aromatic nitrogens is 4. The molecule has 1 aliphatic rings. The Morgan fingerprint density at radius 3 is 2.96 bits per heavy atom. The van der Waals surface area contributed by atoms with Gasteiger partial charge in [-0.15, -0.1) is 0 Å². The van der Waals surface area contributed by atoms with Gasteiger partial charge in [-0.05, 0) is 43.2 Å². The Hall–Kier alpha value is -2.41. The average Bonchev–Trinajstić information content (AvgIpc) is 3.02. The third-order valence-corrected chi connectivity index (χ3v) is 4.64. The minimum absolute atomic E-state index is 0.511. The van der Waals surface area contributed by atoms with E-state index in [4.69, 9.17) is 4.98 Å². The molecule has 1 fully saturated rings. The van der Waals surface area contributed by atoms with Crippen molar-refractivity contribution in [1.29, 1.82) is 0 Å². The van der Waals surface area contributed by atoms with E-state index in [2.05, 4.69) is 45.1 Å². The monoisotopic (exact) mass is 320 g/mol. The van der Waals surface area contributed by atoms with E-state index in [1.54, 1.807) is 6.20 Å². The van der Waals surface area contributed by atoms with Crippen LogP contribution in [0.1, 0.15) is 30.0 Å². The Morgan fingerprint density at radius 2 is 2.17 bits per heavy atom. The SMILES string of the molecule is Bc1cnc2c(NCc3cccnc3)nc(C3CCNCC3)cn12. The fourth-order valence-corrected chi connectivity index (χ4v) is 3.25. The molecule has 0 aromatic carbocycles. The number of nitrogens with zero attached hydrogens (tertiary/aromatic N) is 4. The third-order valence-electron chi connectivity index (χ3n) is 4.64. The molecule has 1 aliphatic heterocycles. The number of fused-ring (bicyclic) bond motifs is 1. The van der Waals surface area contributed by atoms with Crippen molar-refractivity contribution in [2.45, 2.75) is 25.3 Å². The summed E-state index contributed by atoms with van der Waals surface area (Å²) < 4.78 is 2.15. The molecular formula is C17H21BN6. The molecule has 3 aromatic rings. The lowest BCUT2D eigenvalue weighted by atomic mass is 9.95. The number of hydrogen-bond donors (Lipinski definition) is 2. The largest absolute Gasteiger partial charge is 0.363 e. The van der Waals surface area contributed by atoms with Crippen molar-refractivity contribution in [3.05, 3.63) is 48.2 Å². The van der Waals surface area contributed by atoms with Gasteiger partial charge in [-0.25, -0.2) is 9.97 Å². The molecule has 122 valence electrons. The number of anilines is 1. The Morgan fingerprint density at radius 1 is 1.29 bits per heavy atom. The maximum Gasteiger partial charge on any atom is 0.179 e. The van der Waals surface area contributed by atoms with Gasteiger partial charge in [-0.1, -0.05) is 6.07 Å². The highest BCUT2D eigenvalue weighted by molar-refractivity contribution is 6.31. The van der Waals surface area contributed by atoms with Crippen molar-refractivity contribution in [1.82, 2.24) is 24.7 Å². The quantitative estimate of drug-likeness (QED) is 0.684. The minimum atomic E-state index is 0.511. The number of piperidine rings is 1. The second kappa shape index (κ2) is 6.61. The summed E-state index contributed by atoms with van der Waals surface area (Å²) >= 11 is 0. The molecule has 4 heterocycles. The van der Waals surface area contributed by atoms with E-state index in [0.717, 1.165) is 54.2 Å². The first-order chi connectivity index (χ1) is 11.8. The van der Waals surface area contributed by atoms with Crippen LogP contribution in [0.15, 0.2) is 36.9 Å². The van der Waals surface area contributed by atoms with Gasteiger partial charge in [-0.2, -0.15) is 0 Å². The lowest BCUT2D eigenvalue weighted by Crippen LogP contribution is -2.27. The molecule has 0 atom stereocenters. The highest BCUT2D eigenvalue weighted by Crippen LogP contribution is 2.25. The summed E-state index contributed by atoms with van der Waals surface area (Å²) in [6, 6.07) is 4.01. The van der Waals surface area contributed by atoms with E-state index in [1.165, 1.54) is 0 Å². The Bertz CT molecular complexity index is 826. The number of imidazole rings is 1. The average molecular weight is 320 g/mol. The highest BCUT2D eigenvalue weighted by atomic mass is 15.1. The molecule has 0 amide bonds. The van der Waals surface area contributed by atoms with Crippen LogP contribution >= 0.6 is 0 Å². The van der Waals surface area contributed by atoms with E-state index in [-0.39, 0.29) is 0 Å². The predicted octanol–water partition coefficient (Wildman–Crippen LogP) is 0.462. The van der Waals surface area contributed by atoms with Gasteiger partial charge in [0.25, 0.3) is 0 Å². The lowest BCUT2D eigenvalue weighted by molar-refractivity contribution is 0.452. The van der Waals surface area contributed by atoms with Crippen LogP contribution in [0.25, 0.3) is 5.65 Å². The van der Waals surface area contributed by atoms with Crippen LogP contribution in [0.4, 0.5) is 5.82 Å². The van der Waals surface area contributed by atoms with Crippen molar-refractivity contribution in [3.63, 3.8) is 0 Å². The number of hydrogen-bond acceptors (Lipinski definition) is 5. The zero-order valence-electron chi connectivity index (χ0n) is 13.9. The first kappa shape index (κ1) is 15.1. The van der Waals surface area contributed by atoms with Crippen molar-refractivity contribution < 1.29 is 0 Å². The van der Waals surface area contributed by atoms with E-state index in [0.29, 0.717) is 12.5 Å². The summed E-state index contributed by atoms with van der Waals surface area (Å²) in [4.78, 5) is 13.6. The normalized spacial score (nSPS) is 15.7. The minimum Gasteiger partial charge on any atom is -0.363 e. The van der Waals surface area contributed by atoms with Gasteiger partial charge in [-0.3, -0.25) is 4.98 Å². The van der Waals surface area contributed by atoms with Gasteiger partial charge >= 0.3 is 0 Å². The molecular weight excluding hydrogens is 299 g/mol. The van der Waals surface area contributed by atoms with Crippen LogP contribution < -0.4 is 16.2 Å². The maximum absolute atomic E-state index is 4.91. The van der Waals surface area contributed by atoms with Crippen molar-refractivity contribution in [2.75, 3.05) is 18.4 Å². The molecule has 0 unspecified atom stereocenters. The summed E-state index contributed by atoms with van der Waals surface area (Å²) in [5, 5.41) is 6.87. The highest BCUT2D eigenvalue weighted by Gasteiger charge is 2.19. The van der Waals surface area contributed by atoms with Crippen molar-refractivity contribution in [2.24, 2.45) is 0 Å². The van der Waals surface area contributed by atoms with E-state index in [1.807, 2.05) is 18.5 Å². The molecule has 0 saturated carbocycles. The number of pyridine rings is 1. The number of rotatable bonds is 4. The van der Waals surface area contributed by atoms with Gasteiger partial charge in [0.05, 0.1) is 5.69 Å². The maximum atomic E-state index is 4.91. The molecule has 1 saturated heterocycles. The van der Waals surface area contributed by atoms with Crippen LogP contribution in [0.5, 0.6) is 0 Å². The molecule has 0 radical (unpaired) electrons. The first-order valence-corrected chi connectivity index (χ1v) is 8.49. The fraction of sp³-hybridized carbons (Fsp3) is 0.353. The van der Waals surface area contributed by atoms with E-state index < -0.39 is 0 Å². The Kier molecular flexibility index (Phi) is 4.17. The van der Waals surface area contributed by atoms with E-state index in [9.17, 15) is 0 Å². The third kappa shape index (κ3) is 2.99. The van der Waals surface area contributed by atoms with Crippen LogP contribution in [-0.4, -0.2) is 40.3 Å². The van der Waals surface area contributed by atoms with Crippen molar-refractivity contribution in [3.8, 4) is 0 Å². The van der Waals surface area contributed by atoms with Gasteiger partial charge in [0, 0.05) is 37.3 Å². The molecule has 3 aromatic heterocycles. The molecule has 24 heavy (non-hydrogen) atoms. The molecule has 0 aliphatic carbocycles. The zero-order valence-corrected chi connectivity index (χ0v) is 13.9. The van der Waals surface area contributed by atoms with Crippen LogP contribution in [0.2, 0.25) is 0 Å². The Labute approximate surface area is 142 Å². The Balaban J connectivity index is 1.67. The van der Waals surface area contributed by atoms with Crippen LogP contribution in [-0.2, 0) is 6.54 Å². The van der Waals surface area contributed by atoms with Crippen molar-refractivity contribution >= 4 is 24.9 Å². The first-order valence-electron chi connectivity index (χ1n) is 8.49. The van der Waals surface area contributed by atoms with Crippen LogP contribution in [0, 0.1) is 0 Å². The number of nitrogens with one attached hydrogen (secondary N) is 2. The zero-order chi connectivity index (χ0) is 16.4. The van der Waals surface area contributed by atoms with Gasteiger partial charge in [0.15, 0.2) is 19.3 Å². The predicted molar refractivity (Wildman–Crippen MR) is 97.6 cm³/mol. The second-order valence-corrected chi connectivity index (χ2v) is 6.35. The van der Waals surface area contributed by atoms with Gasteiger partial charge in [0.2, 0.25) is 0 Å². The topological polar surface area (TPSA) is 67.1 Å². The smallest absolute Gasteiger partial charge is 0.179 e. The molecule has 2 N–H and O–H groups in total. The standard InChI is InChI=1S/C17H21BN6/c18-15-10-22-17-16(21-9-12-2-1-5-20-8-12)23-14(11-24(15)17)13-3-6-19-7-4-13/h1-2,5,8,10-11,13,19H,3-4,6-7,9,18H2,(H,21,23). The molecule has 0 bridgehead atoms. The van der Waals surface area contributed by atoms with E-state index >= 15 is 0 Å². The summed E-state index contributed by atoms with van der Waals surface area (Å²) in [7, 11) is 2.08. The summed E-state index contributed by atoms with van der Waals surface area (Å²) in [6.45, 7) is 2.82. The molecule has 6 nitrogen and oxygen atoms in total. The van der Waals surface area contributed by atoms with Crippen LogP contribution in [0.3, 0.4) is 0 Å². The molecule has 7 heteroatoms. The van der Waals surface area contributed by atoms with Gasteiger partial charge in [0.1, 0.15) is 0 Å². The lowest BCUT2D eigenvalue weighted by Gasteiger charge is -2.23.